The van der Waals surface area contributed by atoms with Crippen LogP contribution >= 0.6 is 0 Å². The Morgan fingerprint density at radius 1 is 1.40 bits per heavy atom. The third-order valence-corrected chi connectivity index (χ3v) is 2.16. The van der Waals surface area contributed by atoms with Crippen molar-refractivity contribution >= 4 is 5.97 Å². The number of hydrogen-bond acceptors (Lipinski definition) is 4. The van der Waals surface area contributed by atoms with Crippen LogP contribution in [0, 0.1) is 0 Å². The van der Waals surface area contributed by atoms with E-state index in [4.69, 9.17) is 9.47 Å². The number of esters is 1. The van der Waals surface area contributed by atoms with Gasteiger partial charge in [-0.25, -0.2) is 0 Å². The van der Waals surface area contributed by atoms with Crippen molar-refractivity contribution in [1.82, 2.24) is 5.32 Å². The maximum Gasteiger partial charge on any atom is 0.325 e. The molecule has 0 amide bonds. The first-order valence-electron chi connectivity index (χ1n) is 5.61. The van der Waals surface area contributed by atoms with E-state index in [1.165, 1.54) is 0 Å². The molecule has 0 rings (SSSR count). The Kier molecular flexibility index (Phi) is 8.33. The van der Waals surface area contributed by atoms with Crippen LogP contribution in [0.2, 0.25) is 0 Å². The van der Waals surface area contributed by atoms with Gasteiger partial charge in [0.05, 0.1) is 19.3 Å². The summed E-state index contributed by atoms with van der Waals surface area (Å²) in [6.07, 6.45) is 2.30. The van der Waals surface area contributed by atoms with Crippen molar-refractivity contribution in [3.05, 3.63) is 0 Å². The zero-order valence-electron chi connectivity index (χ0n) is 10.2. The highest BCUT2D eigenvalue weighted by Crippen LogP contribution is 2.02. The van der Waals surface area contributed by atoms with E-state index in [1.807, 2.05) is 6.92 Å². The molecule has 0 aliphatic carbocycles. The van der Waals surface area contributed by atoms with Crippen LogP contribution in [0.4, 0.5) is 0 Å². The van der Waals surface area contributed by atoms with Gasteiger partial charge < -0.3 is 14.8 Å². The second-order valence-corrected chi connectivity index (χ2v) is 3.53. The smallest absolute Gasteiger partial charge is 0.325 e. The topological polar surface area (TPSA) is 47.6 Å². The Labute approximate surface area is 92.3 Å². The molecule has 2 atom stereocenters. The Bertz CT molecular complexity index is 173. The molecule has 0 saturated heterocycles. The lowest BCUT2D eigenvalue weighted by atomic mass is 10.2. The fourth-order valence-electron chi connectivity index (χ4n) is 1.26. The summed E-state index contributed by atoms with van der Waals surface area (Å²) < 4.78 is 10.4. The Hall–Kier alpha value is -0.610. The molecule has 90 valence electrons. The molecule has 0 saturated carbocycles. The van der Waals surface area contributed by atoms with E-state index >= 15 is 0 Å². The minimum atomic E-state index is -0.357. The lowest BCUT2D eigenvalue weighted by Gasteiger charge is -2.18. The second kappa shape index (κ2) is 8.68. The first kappa shape index (κ1) is 14.4. The van der Waals surface area contributed by atoms with Crippen molar-refractivity contribution in [1.29, 1.82) is 0 Å². The molecule has 4 nitrogen and oxygen atoms in total. The highest BCUT2D eigenvalue weighted by molar-refractivity contribution is 5.75. The fourth-order valence-corrected chi connectivity index (χ4v) is 1.26. The van der Waals surface area contributed by atoms with E-state index in [9.17, 15) is 4.79 Å². The van der Waals surface area contributed by atoms with Gasteiger partial charge in [0.1, 0.15) is 6.04 Å². The molecule has 2 unspecified atom stereocenters. The number of hydrogen-bond donors (Lipinski definition) is 1. The van der Waals surface area contributed by atoms with Crippen LogP contribution in [0.15, 0.2) is 0 Å². The molecular formula is C11H23NO3. The Balaban J connectivity index is 3.83. The molecule has 0 aliphatic heterocycles. The Morgan fingerprint density at radius 2 is 2.07 bits per heavy atom. The number of ether oxygens (including phenoxy) is 2. The minimum absolute atomic E-state index is 0.195. The van der Waals surface area contributed by atoms with Gasteiger partial charge in [0.15, 0.2) is 0 Å². The normalized spacial score (nSPS) is 14.7. The standard InChI is InChI=1S/C11H23NO3/c1-5-7-9(3)15-8-10(12-4)11(13)14-6-2/h9-10,12H,5-8H2,1-4H3. The summed E-state index contributed by atoms with van der Waals surface area (Å²) in [5.41, 5.74) is 0. The van der Waals surface area contributed by atoms with Gasteiger partial charge in [-0.15, -0.1) is 0 Å². The lowest BCUT2D eigenvalue weighted by molar-refractivity contribution is -0.147. The van der Waals surface area contributed by atoms with E-state index in [-0.39, 0.29) is 18.1 Å². The van der Waals surface area contributed by atoms with E-state index < -0.39 is 0 Å². The molecular weight excluding hydrogens is 194 g/mol. The van der Waals surface area contributed by atoms with E-state index in [1.54, 1.807) is 14.0 Å². The van der Waals surface area contributed by atoms with Gasteiger partial charge in [0, 0.05) is 0 Å². The minimum Gasteiger partial charge on any atom is -0.465 e. The molecule has 1 N–H and O–H groups in total. The van der Waals surface area contributed by atoms with Gasteiger partial charge in [-0.1, -0.05) is 13.3 Å². The van der Waals surface area contributed by atoms with Crippen molar-refractivity contribution in [2.45, 2.75) is 45.8 Å². The van der Waals surface area contributed by atoms with Gasteiger partial charge in [0.25, 0.3) is 0 Å². The number of rotatable bonds is 8. The highest BCUT2D eigenvalue weighted by atomic mass is 16.5. The maximum absolute atomic E-state index is 11.4. The molecule has 0 spiro atoms. The van der Waals surface area contributed by atoms with Gasteiger partial charge in [0.2, 0.25) is 0 Å². The summed E-state index contributed by atoms with van der Waals surface area (Å²) in [6.45, 7) is 6.70. The molecule has 0 aromatic heterocycles. The first-order chi connectivity index (χ1) is 7.15. The van der Waals surface area contributed by atoms with Crippen LogP contribution in [0.25, 0.3) is 0 Å². The molecule has 0 aliphatic rings. The summed E-state index contributed by atoms with van der Waals surface area (Å²) in [7, 11) is 1.73. The molecule has 0 aromatic rings. The predicted octanol–water partition coefficient (Wildman–Crippen LogP) is 1.34. The highest BCUT2D eigenvalue weighted by Gasteiger charge is 2.18. The number of carbonyl (C=O) groups is 1. The fraction of sp³-hybridized carbons (Fsp3) is 0.909. The average Bonchev–Trinajstić information content (AvgIpc) is 2.19. The average molecular weight is 217 g/mol. The SMILES string of the molecule is CCCC(C)OCC(NC)C(=O)OCC. The quantitative estimate of drug-likeness (QED) is 0.623. The summed E-state index contributed by atoms with van der Waals surface area (Å²) in [5, 5.41) is 2.88. The van der Waals surface area contributed by atoms with Gasteiger partial charge >= 0.3 is 5.97 Å². The lowest BCUT2D eigenvalue weighted by Crippen LogP contribution is -2.40. The maximum atomic E-state index is 11.4. The molecule has 0 fully saturated rings. The van der Waals surface area contributed by atoms with Crippen LogP contribution in [-0.4, -0.2) is 38.4 Å². The van der Waals surface area contributed by atoms with E-state index in [0.717, 1.165) is 12.8 Å². The van der Waals surface area contributed by atoms with Crippen LogP contribution in [-0.2, 0) is 14.3 Å². The summed E-state index contributed by atoms with van der Waals surface area (Å²) in [4.78, 5) is 11.4. The van der Waals surface area contributed by atoms with E-state index in [0.29, 0.717) is 13.2 Å². The molecule has 4 heteroatoms. The van der Waals surface area contributed by atoms with Gasteiger partial charge in [-0.3, -0.25) is 4.79 Å². The van der Waals surface area contributed by atoms with Crippen molar-refractivity contribution in [2.24, 2.45) is 0 Å². The van der Waals surface area contributed by atoms with Gasteiger partial charge in [-0.2, -0.15) is 0 Å². The Morgan fingerprint density at radius 3 is 2.53 bits per heavy atom. The largest absolute Gasteiger partial charge is 0.465 e. The monoisotopic (exact) mass is 217 g/mol. The van der Waals surface area contributed by atoms with E-state index in [2.05, 4.69) is 12.2 Å². The third kappa shape index (κ3) is 6.47. The van der Waals surface area contributed by atoms with Crippen molar-refractivity contribution in [3.63, 3.8) is 0 Å². The molecule has 15 heavy (non-hydrogen) atoms. The predicted molar refractivity (Wildman–Crippen MR) is 59.8 cm³/mol. The number of likely N-dealkylation sites (N-methyl/N-ethyl adjacent to an activating group) is 1. The zero-order valence-corrected chi connectivity index (χ0v) is 10.2. The zero-order chi connectivity index (χ0) is 11.7. The second-order valence-electron chi connectivity index (χ2n) is 3.53. The van der Waals surface area contributed by atoms with Crippen LogP contribution in [0.5, 0.6) is 0 Å². The number of carbonyl (C=O) groups excluding carboxylic acids is 1. The van der Waals surface area contributed by atoms with Crippen LogP contribution in [0.1, 0.15) is 33.6 Å². The first-order valence-corrected chi connectivity index (χ1v) is 5.61. The molecule has 0 heterocycles. The number of nitrogens with one attached hydrogen (secondary N) is 1. The van der Waals surface area contributed by atoms with Crippen LogP contribution < -0.4 is 5.32 Å². The van der Waals surface area contributed by atoms with Crippen molar-refractivity contribution in [3.8, 4) is 0 Å². The van der Waals surface area contributed by atoms with Gasteiger partial charge in [-0.05, 0) is 27.3 Å². The van der Waals surface area contributed by atoms with Crippen LogP contribution in [0.3, 0.4) is 0 Å². The third-order valence-electron chi connectivity index (χ3n) is 2.16. The van der Waals surface area contributed by atoms with Crippen molar-refractivity contribution in [2.75, 3.05) is 20.3 Å². The summed E-state index contributed by atoms with van der Waals surface area (Å²) in [6, 6.07) is -0.357. The van der Waals surface area contributed by atoms with Crippen molar-refractivity contribution < 1.29 is 14.3 Å². The summed E-state index contributed by atoms with van der Waals surface area (Å²) >= 11 is 0. The molecule has 0 radical (unpaired) electrons. The summed E-state index contributed by atoms with van der Waals surface area (Å²) in [5.74, 6) is -0.247. The molecule has 0 bridgehead atoms. The molecule has 0 aromatic carbocycles.